The minimum atomic E-state index is -0.477. The first-order chi connectivity index (χ1) is 7.58. The molecule has 0 aliphatic carbocycles. The molecule has 0 radical (unpaired) electrons. The van der Waals surface area contributed by atoms with Crippen molar-refractivity contribution in [3.8, 4) is 0 Å². The van der Waals surface area contributed by atoms with Crippen LogP contribution in [0.1, 0.15) is 11.6 Å². The van der Waals surface area contributed by atoms with Crippen molar-refractivity contribution in [2.75, 3.05) is 6.61 Å². The highest BCUT2D eigenvalue weighted by molar-refractivity contribution is 9.10. The number of amides is 1. The van der Waals surface area contributed by atoms with Gasteiger partial charge in [-0.1, -0.05) is 15.9 Å². The normalized spacial score (nSPS) is 19.1. The molecule has 0 spiro atoms. The third kappa shape index (κ3) is 1.99. The van der Waals surface area contributed by atoms with Gasteiger partial charge in [0.15, 0.2) is 0 Å². The third-order valence-corrected chi connectivity index (χ3v) is 2.93. The highest BCUT2D eigenvalue weighted by atomic mass is 79.9. The number of rotatable bonds is 2. The van der Waals surface area contributed by atoms with Crippen molar-refractivity contribution < 1.29 is 14.5 Å². The second-order valence-corrected chi connectivity index (χ2v) is 4.11. The number of cyclic esters (lactones) is 1. The number of nitro benzene ring substituents is 1. The Morgan fingerprint density at radius 3 is 2.81 bits per heavy atom. The summed E-state index contributed by atoms with van der Waals surface area (Å²) in [4.78, 5) is 20.9. The molecule has 1 N–H and O–H groups in total. The number of halogens is 1. The molecule has 1 amide bonds. The van der Waals surface area contributed by atoms with Crippen LogP contribution in [0.2, 0.25) is 0 Å². The third-order valence-electron chi connectivity index (χ3n) is 2.24. The molecule has 1 aliphatic heterocycles. The number of hydrogen-bond donors (Lipinski definition) is 1. The van der Waals surface area contributed by atoms with E-state index in [4.69, 9.17) is 4.74 Å². The van der Waals surface area contributed by atoms with Gasteiger partial charge in [0.25, 0.3) is 5.69 Å². The van der Waals surface area contributed by atoms with Crippen LogP contribution in [-0.2, 0) is 4.74 Å². The van der Waals surface area contributed by atoms with Crippen molar-refractivity contribution in [3.05, 3.63) is 38.3 Å². The average molecular weight is 287 g/mol. The molecule has 84 valence electrons. The second-order valence-electron chi connectivity index (χ2n) is 3.26. The summed E-state index contributed by atoms with van der Waals surface area (Å²) in [5.41, 5.74) is 0.761. The Kier molecular flexibility index (Phi) is 2.78. The van der Waals surface area contributed by atoms with E-state index in [2.05, 4.69) is 21.2 Å². The summed E-state index contributed by atoms with van der Waals surface area (Å²) in [7, 11) is 0. The van der Waals surface area contributed by atoms with Gasteiger partial charge >= 0.3 is 6.09 Å². The Morgan fingerprint density at radius 1 is 1.56 bits per heavy atom. The first-order valence-corrected chi connectivity index (χ1v) is 5.24. The van der Waals surface area contributed by atoms with Gasteiger partial charge in [-0.25, -0.2) is 4.79 Å². The topological polar surface area (TPSA) is 81.5 Å². The largest absolute Gasteiger partial charge is 0.447 e. The highest BCUT2D eigenvalue weighted by Gasteiger charge is 2.26. The minimum Gasteiger partial charge on any atom is -0.447 e. The van der Waals surface area contributed by atoms with Gasteiger partial charge in [0.05, 0.1) is 11.0 Å². The first-order valence-electron chi connectivity index (χ1n) is 4.45. The summed E-state index contributed by atoms with van der Waals surface area (Å²) in [5, 5.41) is 13.1. The average Bonchev–Trinajstić information content (AvgIpc) is 2.64. The number of carbonyl (C=O) groups excluding carboxylic acids is 1. The van der Waals surface area contributed by atoms with E-state index in [1.54, 1.807) is 6.07 Å². The standard InChI is InChI=1S/C9H7BrN2O4/c10-7-3-5(12(14)15)1-2-6(7)8-4-16-9(13)11-8/h1-3,8H,4H2,(H,11,13). The molecule has 7 heteroatoms. The van der Waals surface area contributed by atoms with Crippen LogP contribution < -0.4 is 5.32 Å². The van der Waals surface area contributed by atoms with Crippen LogP contribution in [0.3, 0.4) is 0 Å². The molecule has 1 aliphatic rings. The fourth-order valence-corrected chi connectivity index (χ4v) is 2.11. The molecular formula is C9H7BrN2O4. The van der Waals surface area contributed by atoms with Gasteiger partial charge in [-0.05, 0) is 11.6 Å². The van der Waals surface area contributed by atoms with Crippen molar-refractivity contribution >= 4 is 27.7 Å². The van der Waals surface area contributed by atoms with Crippen molar-refractivity contribution in [3.63, 3.8) is 0 Å². The molecule has 0 bridgehead atoms. The monoisotopic (exact) mass is 286 g/mol. The number of ether oxygens (including phenoxy) is 1. The van der Waals surface area contributed by atoms with Crippen molar-refractivity contribution in [1.29, 1.82) is 0 Å². The van der Waals surface area contributed by atoms with Crippen molar-refractivity contribution in [2.24, 2.45) is 0 Å². The Hall–Kier alpha value is -1.63. The predicted octanol–water partition coefficient (Wildman–Crippen LogP) is 2.14. The van der Waals surface area contributed by atoms with Crippen molar-refractivity contribution in [1.82, 2.24) is 5.32 Å². The van der Waals surface area contributed by atoms with Gasteiger partial charge in [-0.15, -0.1) is 0 Å². The van der Waals surface area contributed by atoms with Crippen LogP contribution in [0.4, 0.5) is 10.5 Å². The maximum atomic E-state index is 10.9. The Morgan fingerprint density at radius 2 is 2.31 bits per heavy atom. The quantitative estimate of drug-likeness (QED) is 0.667. The molecule has 1 heterocycles. The zero-order valence-corrected chi connectivity index (χ0v) is 9.56. The van der Waals surface area contributed by atoms with E-state index in [1.807, 2.05) is 0 Å². The van der Waals surface area contributed by atoms with Gasteiger partial charge in [0.2, 0.25) is 0 Å². The number of hydrogen-bond acceptors (Lipinski definition) is 4. The number of alkyl carbamates (subject to hydrolysis) is 1. The smallest absolute Gasteiger partial charge is 0.407 e. The number of nitro groups is 1. The molecule has 1 saturated heterocycles. The summed E-state index contributed by atoms with van der Waals surface area (Å²) in [6, 6.07) is 4.13. The number of nitrogens with zero attached hydrogens (tertiary/aromatic N) is 1. The van der Waals surface area contributed by atoms with E-state index in [-0.39, 0.29) is 18.3 Å². The summed E-state index contributed by atoms with van der Waals surface area (Å²) >= 11 is 3.23. The van der Waals surface area contributed by atoms with E-state index >= 15 is 0 Å². The minimum absolute atomic E-state index is 0.000803. The first kappa shape index (κ1) is 10.9. The molecule has 2 rings (SSSR count). The lowest BCUT2D eigenvalue weighted by Crippen LogP contribution is -2.18. The van der Waals surface area contributed by atoms with Crippen LogP contribution >= 0.6 is 15.9 Å². The predicted molar refractivity (Wildman–Crippen MR) is 58.0 cm³/mol. The SMILES string of the molecule is O=C1NC(c2ccc([N+](=O)[O-])cc2Br)CO1. The van der Waals surface area contributed by atoms with Crippen LogP contribution in [-0.4, -0.2) is 17.6 Å². The van der Waals surface area contributed by atoms with E-state index in [0.717, 1.165) is 5.56 Å². The number of non-ortho nitro benzene ring substituents is 1. The number of carbonyl (C=O) groups is 1. The van der Waals surface area contributed by atoms with Gasteiger partial charge in [-0.3, -0.25) is 10.1 Å². The van der Waals surface area contributed by atoms with E-state index in [9.17, 15) is 14.9 Å². The lowest BCUT2D eigenvalue weighted by Gasteiger charge is -2.09. The Balaban J connectivity index is 2.29. The van der Waals surface area contributed by atoms with Gasteiger partial charge in [0, 0.05) is 16.6 Å². The Labute approximate surface area is 98.9 Å². The fourth-order valence-electron chi connectivity index (χ4n) is 1.46. The fraction of sp³-hybridized carbons (Fsp3) is 0.222. The van der Waals surface area contributed by atoms with Crippen LogP contribution in [0, 0.1) is 10.1 Å². The van der Waals surface area contributed by atoms with E-state index in [0.29, 0.717) is 4.47 Å². The lowest BCUT2D eigenvalue weighted by atomic mass is 10.1. The summed E-state index contributed by atoms with van der Waals surface area (Å²) in [6.45, 7) is 0.231. The molecule has 16 heavy (non-hydrogen) atoms. The highest BCUT2D eigenvalue weighted by Crippen LogP contribution is 2.29. The van der Waals surface area contributed by atoms with Crippen LogP contribution in [0.25, 0.3) is 0 Å². The van der Waals surface area contributed by atoms with Crippen LogP contribution in [0.15, 0.2) is 22.7 Å². The van der Waals surface area contributed by atoms with Gasteiger partial charge in [0.1, 0.15) is 6.61 Å². The Bertz CT molecular complexity index is 463. The molecule has 1 atom stereocenters. The van der Waals surface area contributed by atoms with E-state index in [1.165, 1.54) is 12.1 Å². The molecule has 0 saturated carbocycles. The zero-order valence-electron chi connectivity index (χ0n) is 7.97. The second kappa shape index (κ2) is 4.09. The van der Waals surface area contributed by atoms with Crippen molar-refractivity contribution in [2.45, 2.75) is 6.04 Å². The number of benzene rings is 1. The molecular weight excluding hydrogens is 280 g/mol. The van der Waals surface area contributed by atoms with Gasteiger partial charge < -0.3 is 10.1 Å². The maximum Gasteiger partial charge on any atom is 0.407 e. The molecule has 0 aromatic heterocycles. The van der Waals surface area contributed by atoms with E-state index < -0.39 is 11.0 Å². The maximum absolute atomic E-state index is 10.9. The molecule has 1 aromatic rings. The summed E-state index contributed by atoms with van der Waals surface area (Å²) in [6.07, 6.45) is -0.477. The molecule has 1 fully saturated rings. The zero-order chi connectivity index (χ0) is 11.7. The lowest BCUT2D eigenvalue weighted by molar-refractivity contribution is -0.384. The number of nitrogens with one attached hydrogen (secondary N) is 1. The summed E-state index contributed by atoms with van der Waals surface area (Å²) in [5.74, 6) is 0. The molecule has 1 unspecified atom stereocenters. The molecule has 6 nitrogen and oxygen atoms in total. The summed E-state index contributed by atoms with van der Waals surface area (Å²) < 4.78 is 5.33. The van der Waals surface area contributed by atoms with Crippen LogP contribution in [0.5, 0.6) is 0 Å². The molecule has 1 aromatic carbocycles. The van der Waals surface area contributed by atoms with Gasteiger partial charge in [-0.2, -0.15) is 0 Å².